The SMILES string of the molecule is Cc1cc(C)nc(C2CCCN2C(=O)C(C)(C)N)n1. The van der Waals surface area contributed by atoms with Gasteiger partial charge in [-0.2, -0.15) is 0 Å². The van der Waals surface area contributed by atoms with Crippen LogP contribution in [-0.2, 0) is 4.79 Å². The number of nitrogens with zero attached hydrogens (tertiary/aromatic N) is 3. The van der Waals surface area contributed by atoms with Crippen molar-refractivity contribution in [2.24, 2.45) is 5.73 Å². The second kappa shape index (κ2) is 4.89. The zero-order valence-electron chi connectivity index (χ0n) is 12.1. The number of rotatable bonds is 2. The zero-order chi connectivity index (χ0) is 14.2. The van der Waals surface area contributed by atoms with E-state index >= 15 is 0 Å². The fourth-order valence-corrected chi connectivity index (χ4v) is 2.55. The first-order valence-electron chi connectivity index (χ1n) is 6.71. The molecular formula is C14H22N4O. The Kier molecular flexibility index (Phi) is 3.58. The summed E-state index contributed by atoms with van der Waals surface area (Å²) >= 11 is 0. The summed E-state index contributed by atoms with van der Waals surface area (Å²) in [6.07, 6.45) is 1.88. The van der Waals surface area contributed by atoms with Crippen molar-refractivity contribution in [1.29, 1.82) is 0 Å². The van der Waals surface area contributed by atoms with Gasteiger partial charge in [-0.1, -0.05) is 0 Å². The van der Waals surface area contributed by atoms with Crippen LogP contribution in [0.5, 0.6) is 0 Å². The number of carbonyl (C=O) groups excluding carboxylic acids is 1. The van der Waals surface area contributed by atoms with E-state index in [1.807, 2.05) is 24.8 Å². The average molecular weight is 262 g/mol. The minimum absolute atomic E-state index is 0.0299. The molecule has 5 nitrogen and oxygen atoms in total. The Balaban J connectivity index is 2.31. The maximum atomic E-state index is 12.4. The number of nitrogens with two attached hydrogens (primary N) is 1. The predicted molar refractivity (Wildman–Crippen MR) is 73.5 cm³/mol. The third-order valence-corrected chi connectivity index (χ3v) is 3.36. The molecule has 1 fully saturated rings. The second-order valence-electron chi connectivity index (χ2n) is 5.89. The van der Waals surface area contributed by atoms with E-state index in [4.69, 9.17) is 5.73 Å². The van der Waals surface area contributed by atoms with E-state index < -0.39 is 5.54 Å². The molecule has 1 aliphatic rings. The number of hydrogen-bond acceptors (Lipinski definition) is 4. The van der Waals surface area contributed by atoms with Crippen LogP contribution < -0.4 is 5.73 Å². The number of amides is 1. The Labute approximate surface area is 114 Å². The fraction of sp³-hybridized carbons (Fsp3) is 0.643. The minimum atomic E-state index is -0.846. The standard InChI is InChI=1S/C14H22N4O/c1-9-8-10(2)17-12(16-9)11-6-5-7-18(11)13(19)14(3,4)15/h8,11H,5-7,15H2,1-4H3. The van der Waals surface area contributed by atoms with Gasteiger partial charge >= 0.3 is 0 Å². The number of aromatic nitrogens is 2. The molecule has 0 spiro atoms. The fourth-order valence-electron chi connectivity index (χ4n) is 2.55. The number of hydrogen-bond donors (Lipinski definition) is 1. The molecule has 0 saturated carbocycles. The second-order valence-corrected chi connectivity index (χ2v) is 5.89. The average Bonchev–Trinajstić information content (AvgIpc) is 2.73. The highest BCUT2D eigenvalue weighted by Gasteiger charge is 2.37. The van der Waals surface area contributed by atoms with Crippen molar-refractivity contribution in [3.05, 3.63) is 23.3 Å². The van der Waals surface area contributed by atoms with Crippen LogP contribution in [0.4, 0.5) is 0 Å². The van der Waals surface area contributed by atoms with Gasteiger partial charge in [-0.15, -0.1) is 0 Å². The van der Waals surface area contributed by atoms with Gasteiger partial charge in [-0.05, 0) is 46.6 Å². The molecule has 19 heavy (non-hydrogen) atoms. The summed E-state index contributed by atoms with van der Waals surface area (Å²) in [5.74, 6) is 0.713. The van der Waals surface area contributed by atoms with Crippen molar-refractivity contribution >= 4 is 5.91 Å². The highest BCUT2D eigenvalue weighted by atomic mass is 16.2. The Hall–Kier alpha value is -1.49. The molecule has 1 aliphatic heterocycles. The van der Waals surface area contributed by atoms with Crippen LogP contribution in [0.25, 0.3) is 0 Å². The summed E-state index contributed by atoms with van der Waals surface area (Å²) in [4.78, 5) is 23.2. The van der Waals surface area contributed by atoms with Gasteiger partial charge in [0.25, 0.3) is 0 Å². The molecule has 0 radical (unpaired) electrons. The van der Waals surface area contributed by atoms with E-state index in [0.717, 1.165) is 36.6 Å². The third kappa shape index (κ3) is 2.92. The lowest BCUT2D eigenvalue weighted by molar-refractivity contribution is -0.136. The van der Waals surface area contributed by atoms with Gasteiger partial charge in [0.2, 0.25) is 5.91 Å². The van der Waals surface area contributed by atoms with E-state index in [0.29, 0.717) is 0 Å². The summed E-state index contributed by atoms with van der Waals surface area (Å²) in [6.45, 7) is 8.12. The van der Waals surface area contributed by atoms with Gasteiger partial charge in [0.1, 0.15) is 0 Å². The van der Waals surface area contributed by atoms with Gasteiger partial charge in [-0.25, -0.2) is 9.97 Å². The van der Waals surface area contributed by atoms with Gasteiger partial charge in [-0.3, -0.25) is 4.79 Å². The van der Waals surface area contributed by atoms with Gasteiger partial charge in [0.15, 0.2) is 5.82 Å². The van der Waals surface area contributed by atoms with Crippen molar-refractivity contribution in [3.8, 4) is 0 Å². The number of carbonyl (C=O) groups is 1. The summed E-state index contributed by atoms with van der Waals surface area (Å²) in [5.41, 5.74) is 6.96. The quantitative estimate of drug-likeness (QED) is 0.876. The molecule has 5 heteroatoms. The van der Waals surface area contributed by atoms with Crippen LogP contribution in [0.2, 0.25) is 0 Å². The molecule has 0 aromatic carbocycles. The molecule has 1 aromatic rings. The lowest BCUT2D eigenvalue weighted by Gasteiger charge is -2.30. The largest absolute Gasteiger partial charge is 0.331 e. The normalized spacial score (nSPS) is 19.8. The number of likely N-dealkylation sites (tertiary alicyclic amines) is 1. The highest BCUT2D eigenvalue weighted by molar-refractivity contribution is 5.85. The summed E-state index contributed by atoms with van der Waals surface area (Å²) < 4.78 is 0. The zero-order valence-corrected chi connectivity index (χ0v) is 12.1. The molecule has 0 aliphatic carbocycles. The van der Waals surface area contributed by atoms with E-state index in [9.17, 15) is 4.79 Å². The monoisotopic (exact) mass is 262 g/mol. The van der Waals surface area contributed by atoms with Crippen molar-refractivity contribution in [1.82, 2.24) is 14.9 Å². The third-order valence-electron chi connectivity index (χ3n) is 3.36. The first kappa shape index (κ1) is 13.9. The van der Waals surface area contributed by atoms with E-state index in [2.05, 4.69) is 9.97 Å². The van der Waals surface area contributed by atoms with Crippen molar-refractivity contribution in [2.75, 3.05) is 6.54 Å². The van der Waals surface area contributed by atoms with Gasteiger partial charge in [0.05, 0.1) is 11.6 Å². The lowest BCUT2D eigenvalue weighted by Crippen LogP contribution is -2.50. The highest BCUT2D eigenvalue weighted by Crippen LogP contribution is 2.31. The predicted octanol–water partition coefficient (Wildman–Crippen LogP) is 1.49. The molecule has 2 N–H and O–H groups in total. The molecule has 0 bridgehead atoms. The molecule has 1 atom stereocenters. The Bertz CT molecular complexity index is 472. The van der Waals surface area contributed by atoms with Crippen LogP contribution in [0.15, 0.2) is 6.07 Å². The van der Waals surface area contributed by atoms with E-state index in [1.165, 1.54) is 0 Å². The molecule has 2 rings (SSSR count). The van der Waals surface area contributed by atoms with Crippen LogP contribution >= 0.6 is 0 Å². The van der Waals surface area contributed by atoms with Crippen molar-refractivity contribution in [3.63, 3.8) is 0 Å². The Morgan fingerprint density at radius 3 is 2.47 bits per heavy atom. The first-order valence-corrected chi connectivity index (χ1v) is 6.71. The van der Waals surface area contributed by atoms with Gasteiger partial charge in [0, 0.05) is 17.9 Å². The minimum Gasteiger partial charge on any atom is -0.331 e. The summed E-state index contributed by atoms with van der Waals surface area (Å²) in [6, 6.07) is 1.91. The first-order chi connectivity index (χ1) is 8.79. The summed E-state index contributed by atoms with van der Waals surface area (Å²) in [7, 11) is 0. The molecule has 1 amide bonds. The van der Waals surface area contributed by atoms with Crippen molar-refractivity contribution in [2.45, 2.75) is 52.1 Å². The maximum Gasteiger partial charge on any atom is 0.242 e. The Morgan fingerprint density at radius 2 is 1.95 bits per heavy atom. The van der Waals surface area contributed by atoms with E-state index in [1.54, 1.807) is 13.8 Å². The molecule has 2 heterocycles. The smallest absolute Gasteiger partial charge is 0.242 e. The van der Waals surface area contributed by atoms with Crippen LogP contribution in [0, 0.1) is 13.8 Å². The molecule has 1 unspecified atom stereocenters. The van der Waals surface area contributed by atoms with Crippen LogP contribution in [-0.4, -0.2) is 32.9 Å². The lowest BCUT2D eigenvalue weighted by atomic mass is 10.0. The van der Waals surface area contributed by atoms with Gasteiger partial charge < -0.3 is 10.6 Å². The maximum absolute atomic E-state index is 12.4. The van der Waals surface area contributed by atoms with E-state index in [-0.39, 0.29) is 11.9 Å². The Morgan fingerprint density at radius 1 is 1.37 bits per heavy atom. The van der Waals surface area contributed by atoms with Crippen molar-refractivity contribution < 1.29 is 4.79 Å². The van der Waals surface area contributed by atoms with Crippen LogP contribution in [0.3, 0.4) is 0 Å². The molecule has 104 valence electrons. The topological polar surface area (TPSA) is 72.1 Å². The summed E-state index contributed by atoms with van der Waals surface area (Å²) in [5, 5.41) is 0. The number of aryl methyl sites for hydroxylation is 2. The molecule has 1 aromatic heterocycles. The molecular weight excluding hydrogens is 240 g/mol. The van der Waals surface area contributed by atoms with Crippen LogP contribution in [0.1, 0.15) is 49.9 Å². The molecule has 1 saturated heterocycles.